The lowest BCUT2D eigenvalue weighted by atomic mass is 10.0. The first-order valence-electron chi connectivity index (χ1n) is 8.46. The van der Waals surface area contributed by atoms with Gasteiger partial charge >= 0.3 is 5.97 Å². The SMILES string of the molecule is O=C(O)[C@H]1CCCCN1C(=O)c1ccc(F)c(COCC2CC2)c1. The molecule has 1 aliphatic carbocycles. The Labute approximate surface area is 140 Å². The van der Waals surface area contributed by atoms with Crippen molar-refractivity contribution in [3.05, 3.63) is 35.1 Å². The highest BCUT2D eigenvalue weighted by atomic mass is 19.1. The van der Waals surface area contributed by atoms with Crippen LogP contribution in [0.15, 0.2) is 18.2 Å². The Hall–Kier alpha value is -1.95. The van der Waals surface area contributed by atoms with Crippen LogP contribution in [0.25, 0.3) is 0 Å². The lowest BCUT2D eigenvalue weighted by Gasteiger charge is -2.33. The molecule has 1 saturated carbocycles. The Morgan fingerprint density at radius 2 is 2.04 bits per heavy atom. The molecule has 2 fully saturated rings. The molecule has 130 valence electrons. The van der Waals surface area contributed by atoms with Crippen molar-refractivity contribution >= 4 is 11.9 Å². The van der Waals surface area contributed by atoms with Crippen molar-refractivity contribution in [1.29, 1.82) is 0 Å². The minimum Gasteiger partial charge on any atom is -0.480 e. The number of carbonyl (C=O) groups excluding carboxylic acids is 1. The van der Waals surface area contributed by atoms with Crippen molar-refractivity contribution in [2.24, 2.45) is 5.92 Å². The third-order valence-corrected chi connectivity index (χ3v) is 4.65. The molecule has 6 heteroatoms. The number of carboxylic acid groups (broad SMARTS) is 1. The second kappa shape index (κ2) is 7.30. The average molecular weight is 335 g/mol. The maximum atomic E-state index is 13.9. The normalized spacial score (nSPS) is 20.9. The molecular formula is C18H22FNO4. The molecule has 1 aromatic carbocycles. The molecule has 1 aliphatic heterocycles. The Morgan fingerprint density at radius 1 is 1.25 bits per heavy atom. The zero-order chi connectivity index (χ0) is 17.1. The third kappa shape index (κ3) is 3.93. The van der Waals surface area contributed by atoms with Crippen LogP contribution >= 0.6 is 0 Å². The highest BCUT2D eigenvalue weighted by Crippen LogP contribution is 2.29. The van der Waals surface area contributed by atoms with Crippen LogP contribution in [0.1, 0.15) is 48.0 Å². The van der Waals surface area contributed by atoms with Crippen LogP contribution in [0.4, 0.5) is 4.39 Å². The fourth-order valence-electron chi connectivity index (χ4n) is 3.04. The van der Waals surface area contributed by atoms with Gasteiger partial charge in [-0.1, -0.05) is 0 Å². The highest BCUT2D eigenvalue weighted by molar-refractivity contribution is 5.96. The number of benzene rings is 1. The van der Waals surface area contributed by atoms with Crippen molar-refractivity contribution in [2.45, 2.75) is 44.8 Å². The van der Waals surface area contributed by atoms with E-state index in [1.807, 2.05) is 0 Å². The molecule has 3 rings (SSSR count). The fraction of sp³-hybridized carbons (Fsp3) is 0.556. The van der Waals surface area contributed by atoms with Crippen LogP contribution in [0.3, 0.4) is 0 Å². The number of rotatable bonds is 6. The quantitative estimate of drug-likeness (QED) is 0.868. The summed E-state index contributed by atoms with van der Waals surface area (Å²) >= 11 is 0. The Bertz CT molecular complexity index is 629. The van der Waals surface area contributed by atoms with Gasteiger partial charge < -0.3 is 14.7 Å². The Kier molecular flexibility index (Phi) is 5.14. The molecule has 1 saturated heterocycles. The van der Waals surface area contributed by atoms with Gasteiger partial charge in [0.2, 0.25) is 0 Å². The second-order valence-corrected chi connectivity index (χ2v) is 6.61. The third-order valence-electron chi connectivity index (χ3n) is 4.65. The molecule has 2 aliphatic rings. The molecule has 0 bridgehead atoms. The molecule has 1 atom stereocenters. The molecule has 1 heterocycles. The van der Waals surface area contributed by atoms with Crippen LogP contribution < -0.4 is 0 Å². The molecular weight excluding hydrogens is 313 g/mol. The molecule has 5 nitrogen and oxygen atoms in total. The van der Waals surface area contributed by atoms with Gasteiger partial charge in [0.15, 0.2) is 0 Å². The zero-order valence-corrected chi connectivity index (χ0v) is 13.5. The number of piperidine rings is 1. The van der Waals surface area contributed by atoms with Crippen molar-refractivity contribution in [3.8, 4) is 0 Å². The molecule has 0 unspecified atom stereocenters. The summed E-state index contributed by atoms with van der Waals surface area (Å²) in [5, 5.41) is 9.30. The summed E-state index contributed by atoms with van der Waals surface area (Å²) in [6.45, 7) is 1.16. The highest BCUT2D eigenvalue weighted by Gasteiger charge is 2.32. The summed E-state index contributed by atoms with van der Waals surface area (Å²) in [6, 6.07) is 3.35. The first kappa shape index (κ1) is 16.9. The van der Waals surface area contributed by atoms with Gasteiger partial charge in [0.05, 0.1) is 6.61 Å². The van der Waals surface area contributed by atoms with Crippen LogP contribution in [-0.4, -0.2) is 41.1 Å². The largest absolute Gasteiger partial charge is 0.480 e. The van der Waals surface area contributed by atoms with Gasteiger partial charge in [-0.05, 0) is 56.2 Å². The summed E-state index contributed by atoms with van der Waals surface area (Å²) in [5.41, 5.74) is 0.653. The van der Waals surface area contributed by atoms with E-state index < -0.39 is 17.8 Å². The Balaban J connectivity index is 1.72. The Morgan fingerprint density at radius 3 is 2.75 bits per heavy atom. The molecule has 0 radical (unpaired) electrons. The molecule has 1 aromatic rings. The van der Waals surface area contributed by atoms with Crippen molar-refractivity contribution in [1.82, 2.24) is 4.90 Å². The molecule has 0 aromatic heterocycles. The van der Waals surface area contributed by atoms with E-state index >= 15 is 0 Å². The second-order valence-electron chi connectivity index (χ2n) is 6.61. The van der Waals surface area contributed by atoms with E-state index in [0.717, 1.165) is 25.7 Å². The van der Waals surface area contributed by atoms with Crippen molar-refractivity contribution < 1.29 is 23.8 Å². The number of aliphatic carboxylic acids is 1. The topological polar surface area (TPSA) is 66.8 Å². The van der Waals surface area contributed by atoms with E-state index in [1.165, 1.54) is 23.1 Å². The standard InChI is InChI=1S/C18H22FNO4/c19-15-7-6-13(9-14(15)11-24-10-12-4-5-12)17(21)20-8-2-1-3-16(20)18(22)23/h6-7,9,12,16H,1-5,8,10-11H2,(H,22,23)/t16-/m1/s1. The summed E-state index contributed by atoms with van der Waals surface area (Å²) in [6.07, 6.45) is 4.36. The fourth-order valence-corrected chi connectivity index (χ4v) is 3.04. The van der Waals surface area contributed by atoms with Crippen LogP contribution in [0, 0.1) is 11.7 Å². The van der Waals surface area contributed by atoms with E-state index in [-0.39, 0.29) is 12.5 Å². The van der Waals surface area contributed by atoms with E-state index in [2.05, 4.69) is 0 Å². The van der Waals surface area contributed by atoms with E-state index in [9.17, 15) is 19.1 Å². The summed E-state index contributed by atoms with van der Waals surface area (Å²) < 4.78 is 19.4. The number of carboxylic acids is 1. The first-order valence-corrected chi connectivity index (χ1v) is 8.46. The summed E-state index contributed by atoms with van der Waals surface area (Å²) in [7, 11) is 0. The first-order chi connectivity index (χ1) is 11.6. The number of likely N-dealkylation sites (tertiary alicyclic amines) is 1. The molecule has 1 amide bonds. The smallest absolute Gasteiger partial charge is 0.326 e. The predicted molar refractivity (Wildman–Crippen MR) is 85.1 cm³/mol. The van der Waals surface area contributed by atoms with Crippen LogP contribution in [0.5, 0.6) is 0 Å². The van der Waals surface area contributed by atoms with Gasteiger partial charge in [-0.2, -0.15) is 0 Å². The van der Waals surface area contributed by atoms with Crippen molar-refractivity contribution in [3.63, 3.8) is 0 Å². The number of halogens is 1. The van der Waals surface area contributed by atoms with Crippen LogP contribution in [-0.2, 0) is 16.1 Å². The number of hydrogen-bond acceptors (Lipinski definition) is 3. The van der Waals surface area contributed by atoms with E-state index in [0.29, 0.717) is 36.6 Å². The predicted octanol–water partition coefficient (Wildman–Crippen LogP) is 2.83. The van der Waals surface area contributed by atoms with Gasteiger partial charge in [-0.3, -0.25) is 4.79 Å². The molecule has 0 spiro atoms. The van der Waals surface area contributed by atoms with Gasteiger partial charge in [0.1, 0.15) is 11.9 Å². The number of amides is 1. The zero-order valence-electron chi connectivity index (χ0n) is 13.5. The maximum absolute atomic E-state index is 13.9. The van der Waals surface area contributed by atoms with Gasteiger partial charge in [0, 0.05) is 24.3 Å². The monoisotopic (exact) mass is 335 g/mol. The minimum atomic E-state index is -0.988. The van der Waals surface area contributed by atoms with Crippen LogP contribution in [0.2, 0.25) is 0 Å². The van der Waals surface area contributed by atoms with Gasteiger partial charge in [-0.25, -0.2) is 9.18 Å². The number of ether oxygens (including phenoxy) is 1. The average Bonchev–Trinajstić information content (AvgIpc) is 3.40. The lowest BCUT2D eigenvalue weighted by Crippen LogP contribution is -2.48. The van der Waals surface area contributed by atoms with Gasteiger partial charge in [-0.15, -0.1) is 0 Å². The number of carbonyl (C=O) groups is 2. The summed E-state index contributed by atoms with van der Waals surface area (Å²) in [5.74, 6) is -1.16. The van der Waals surface area contributed by atoms with E-state index in [1.54, 1.807) is 0 Å². The van der Waals surface area contributed by atoms with Crippen molar-refractivity contribution in [2.75, 3.05) is 13.2 Å². The molecule has 1 N–H and O–H groups in total. The lowest BCUT2D eigenvalue weighted by molar-refractivity contribution is -0.143. The number of nitrogens with zero attached hydrogens (tertiary/aromatic N) is 1. The van der Waals surface area contributed by atoms with Gasteiger partial charge in [0.25, 0.3) is 5.91 Å². The number of hydrogen-bond donors (Lipinski definition) is 1. The summed E-state index contributed by atoms with van der Waals surface area (Å²) in [4.78, 5) is 25.4. The maximum Gasteiger partial charge on any atom is 0.326 e. The van der Waals surface area contributed by atoms with E-state index in [4.69, 9.17) is 4.74 Å². The molecule has 24 heavy (non-hydrogen) atoms. The minimum absolute atomic E-state index is 0.131.